The Labute approximate surface area is 143 Å². The molecule has 1 fully saturated rings. The van der Waals surface area contributed by atoms with Gasteiger partial charge in [0.2, 0.25) is 0 Å². The number of amides is 1. The Hall–Kier alpha value is -0.530. The third kappa shape index (κ3) is 3.81. The third-order valence-corrected chi connectivity index (χ3v) is 5.41. The van der Waals surface area contributed by atoms with Crippen molar-refractivity contribution in [2.45, 2.75) is 31.3 Å². The molecule has 0 spiro atoms. The lowest BCUT2D eigenvalue weighted by molar-refractivity contribution is 0.0155. The average Bonchev–Trinajstić information content (AvgIpc) is 2.86. The number of nitrogens with zero attached hydrogens (tertiary/aromatic N) is 1. The zero-order chi connectivity index (χ0) is 15.6. The molecule has 1 saturated carbocycles. The van der Waals surface area contributed by atoms with Crippen LogP contribution in [-0.2, 0) is 0 Å². The third-order valence-electron chi connectivity index (χ3n) is 3.89. The Morgan fingerprint density at radius 2 is 2.10 bits per heavy atom. The van der Waals surface area contributed by atoms with Crippen LogP contribution in [-0.4, -0.2) is 42.2 Å². The SMILES string of the molecule is COc1cc(I)c(Cl)cc1C(=O)N(C)CC1(O)CCCC1. The zero-order valence-electron chi connectivity index (χ0n) is 12.2. The second-order valence-corrected chi connectivity index (χ2v) is 7.13. The highest BCUT2D eigenvalue weighted by Crippen LogP contribution is 2.32. The lowest BCUT2D eigenvalue weighted by Gasteiger charge is -2.29. The number of carbonyl (C=O) groups excluding carboxylic acids is 1. The minimum Gasteiger partial charge on any atom is -0.496 e. The van der Waals surface area contributed by atoms with E-state index in [1.807, 2.05) is 0 Å². The first-order valence-corrected chi connectivity index (χ1v) is 8.33. The van der Waals surface area contributed by atoms with Crippen molar-refractivity contribution in [3.63, 3.8) is 0 Å². The van der Waals surface area contributed by atoms with E-state index < -0.39 is 5.60 Å². The van der Waals surface area contributed by atoms with E-state index in [9.17, 15) is 9.90 Å². The highest BCUT2D eigenvalue weighted by Gasteiger charge is 2.34. The van der Waals surface area contributed by atoms with Gasteiger partial charge < -0.3 is 14.7 Å². The quantitative estimate of drug-likeness (QED) is 0.756. The van der Waals surface area contributed by atoms with Gasteiger partial charge in [-0.25, -0.2) is 0 Å². The van der Waals surface area contributed by atoms with Gasteiger partial charge in [0.1, 0.15) is 5.75 Å². The summed E-state index contributed by atoms with van der Waals surface area (Å²) in [6.07, 6.45) is 3.51. The first kappa shape index (κ1) is 16.8. The number of aliphatic hydroxyl groups is 1. The average molecular weight is 424 g/mol. The lowest BCUT2D eigenvalue weighted by atomic mass is 10.0. The van der Waals surface area contributed by atoms with Crippen molar-refractivity contribution in [1.29, 1.82) is 0 Å². The summed E-state index contributed by atoms with van der Waals surface area (Å²) in [6.45, 7) is 0.332. The van der Waals surface area contributed by atoms with Crippen LogP contribution in [0.2, 0.25) is 5.02 Å². The van der Waals surface area contributed by atoms with Gasteiger partial charge in [-0.15, -0.1) is 0 Å². The topological polar surface area (TPSA) is 49.8 Å². The molecule has 0 atom stereocenters. The second-order valence-electron chi connectivity index (χ2n) is 5.56. The molecule has 1 aromatic carbocycles. The van der Waals surface area contributed by atoms with E-state index >= 15 is 0 Å². The van der Waals surface area contributed by atoms with Gasteiger partial charge in [-0.05, 0) is 47.6 Å². The fraction of sp³-hybridized carbons (Fsp3) is 0.533. The summed E-state index contributed by atoms with van der Waals surface area (Å²) in [5, 5.41) is 11.0. The maximum absolute atomic E-state index is 12.6. The predicted molar refractivity (Wildman–Crippen MR) is 91.1 cm³/mol. The number of rotatable bonds is 4. The van der Waals surface area contributed by atoms with Gasteiger partial charge in [0.25, 0.3) is 5.91 Å². The fourth-order valence-electron chi connectivity index (χ4n) is 2.77. The zero-order valence-corrected chi connectivity index (χ0v) is 15.1. The summed E-state index contributed by atoms with van der Waals surface area (Å²) in [5.41, 5.74) is -0.336. The summed E-state index contributed by atoms with van der Waals surface area (Å²) in [7, 11) is 3.23. The normalized spacial score (nSPS) is 16.8. The number of ether oxygens (including phenoxy) is 1. The van der Waals surface area contributed by atoms with E-state index in [1.165, 1.54) is 7.11 Å². The van der Waals surface area contributed by atoms with Crippen LogP contribution in [0.1, 0.15) is 36.0 Å². The molecule has 0 radical (unpaired) electrons. The van der Waals surface area contributed by atoms with E-state index in [2.05, 4.69) is 22.6 Å². The number of hydrogen-bond donors (Lipinski definition) is 1. The predicted octanol–water partition coefficient (Wildman–Crippen LogP) is 3.33. The van der Waals surface area contributed by atoms with Crippen molar-refractivity contribution in [2.75, 3.05) is 20.7 Å². The summed E-state index contributed by atoms with van der Waals surface area (Å²) >= 11 is 8.20. The highest BCUT2D eigenvalue weighted by molar-refractivity contribution is 14.1. The lowest BCUT2D eigenvalue weighted by Crippen LogP contribution is -2.42. The van der Waals surface area contributed by atoms with Crippen LogP contribution in [0, 0.1) is 3.57 Å². The van der Waals surface area contributed by atoms with Gasteiger partial charge in [0.05, 0.1) is 23.3 Å². The van der Waals surface area contributed by atoms with Crippen molar-refractivity contribution in [3.05, 3.63) is 26.3 Å². The molecule has 2 rings (SSSR count). The van der Waals surface area contributed by atoms with Crippen LogP contribution in [0.3, 0.4) is 0 Å². The molecule has 6 heteroatoms. The van der Waals surface area contributed by atoms with Gasteiger partial charge in [-0.3, -0.25) is 4.79 Å². The minimum absolute atomic E-state index is 0.189. The molecule has 0 heterocycles. The highest BCUT2D eigenvalue weighted by atomic mass is 127. The number of hydrogen-bond acceptors (Lipinski definition) is 3. The van der Waals surface area contributed by atoms with Gasteiger partial charge in [0, 0.05) is 17.2 Å². The summed E-state index contributed by atoms with van der Waals surface area (Å²) < 4.78 is 6.11. The standard InChI is InChI=1S/C15H19ClINO3/c1-18(9-15(20)5-3-4-6-15)14(19)10-7-11(16)12(17)8-13(10)21-2/h7-8,20H,3-6,9H2,1-2H3. The maximum Gasteiger partial charge on any atom is 0.257 e. The molecule has 116 valence electrons. The molecule has 0 aliphatic heterocycles. The minimum atomic E-state index is -0.759. The largest absolute Gasteiger partial charge is 0.496 e. The Kier molecular flexibility index (Phi) is 5.38. The van der Waals surface area contributed by atoms with Crippen LogP contribution in [0.15, 0.2) is 12.1 Å². The fourth-order valence-corrected chi connectivity index (χ4v) is 3.38. The van der Waals surface area contributed by atoms with Crippen molar-refractivity contribution in [2.24, 2.45) is 0 Å². The molecule has 0 saturated heterocycles. The summed E-state index contributed by atoms with van der Waals surface area (Å²) in [6, 6.07) is 3.37. The summed E-state index contributed by atoms with van der Waals surface area (Å²) in [4.78, 5) is 14.1. The molecule has 0 unspecified atom stereocenters. The smallest absolute Gasteiger partial charge is 0.257 e. The van der Waals surface area contributed by atoms with Gasteiger partial charge in [-0.2, -0.15) is 0 Å². The van der Waals surface area contributed by atoms with Crippen molar-refractivity contribution in [1.82, 2.24) is 4.90 Å². The molecule has 4 nitrogen and oxygen atoms in total. The van der Waals surface area contributed by atoms with E-state index in [0.717, 1.165) is 29.3 Å². The Balaban J connectivity index is 2.21. The van der Waals surface area contributed by atoms with E-state index in [4.69, 9.17) is 16.3 Å². The van der Waals surface area contributed by atoms with Gasteiger partial charge in [0.15, 0.2) is 0 Å². The Morgan fingerprint density at radius 3 is 2.67 bits per heavy atom. The van der Waals surface area contributed by atoms with Gasteiger partial charge in [-0.1, -0.05) is 24.4 Å². The van der Waals surface area contributed by atoms with Crippen molar-refractivity contribution >= 4 is 40.1 Å². The molecule has 1 aliphatic carbocycles. The molecular weight excluding hydrogens is 405 g/mol. The van der Waals surface area contributed by atoms with Gasteiger partial charge >= 0.3 is 0 Å². The number of carbonyl (C=O) groups is 1. The van der Waals surface area contributed by atoms with E-state index in [0.29, 0.717) is 22.9 Å². The molecule has 1 aliphatic rings. The summed E-state index contributed by atoms with van der Waals surface area (Å²) in [5.74, 6) is 0.310. The molecule has 21 heavy (non-hydrogen) atoms. The number of benzene rings is 1. The molecule has 0 bridgehead atoms. The van der Waals surface area contributed by atoms with Crippen LogP contribution < -0.4 is 4.74 Å². The van der Waals surface area contributed by atoms with Crippen molar-refractivity contribution in [3.8, 4) is 5.75 Å². The number of likely N-dealkylation sites (N-methyl/N-ethyl adjacent to an activating group) is 1. The number of halogens is 2. The first-order chi connectivity index (χ1) is 9.86. The van der Waals surface area contributed by atoms with E-state index in [1.54, 1.807) is 24.1 Å². The Morgan fingerprint density at radius 1 is 1.48 bits per heavy atom. The van der Waals surface area contributed by atoms with E-state index in [-0.39, 0.29) is 5.91 Å². The first-order valence-electron chi connectivity index (χ1n) is 6.87. The molecule has 1 amide bonds. The molecule has 0 aromatic heterocycles. The van der Waals surface area contributed by atoms with Crippen LogP contribution in [0.25, 0.3) is 0 Å². The molecule has 1 aromatic rings. The van der Waals surface area contributed by atoms with Crippen LogP contribution >= 0.6 is 34.2 Å². The maximum atomic E-state index is 12.6. The Bertz CT molecular complexity index is 544. The molecule has 1 N–H and O–H groups in total. The molecular formula is C15H19ClINO3. The van der Waals surface area contributed by atoms with Crippen molar-refractivity contribution < 1.29 is 14.6 Å². The van der Waals surface area contributed by atoms with Crippen LogP contribution in [0.5, 0.6) is 5.75 Å². The monoisotopic (exact) mass is 423 g/mol. The van der Waals surface area contributed by atoms with Crippen LogP contribution in [0.4, 0.5) is 0 Å². The second kappa shape index (κ2) is 6.71. The number of methoxy groups -OCH3 is 1.